The molecule has 0 radical (unpaired) electrons. The van der Waals surface area contributed by atoms with E-state index in [0.29, 0.717) is 6.42 Å². The van der Waals surface area contributed by atoms with Gasteiger partial charge in [0, 0.05) is 6.42 Å². The van der Waals surface area contributed by atoms with Gasteiger partial charge in [-0.15, -0.1) is 0 Å². The van der Waals surface area contributed by atoms with E-state index < -0.39 is 12.1 Å². The molecule has 66 heavy (non-hydrogen) atoms. The second-order valence-electron chi connectivity index (χ2n) is 20.4. The number of aliphatic hydroxyl groups excluding tert-OH is 2. The number of nitrogens with one attached hydrogen (secondary N) is 1. The Kier molecular flexibility index (Phi) is 56.2. The summed E-state index contributed by atoms with van der Waals surface area (Å²) in [7, 11) is 0. The maximum atomic E-state index is 12.5. The van der Waals surface area contributed by atoms with Gasteiger partial charge in [0.15, 0.2) is 0 Å². The van der Waals surface area contributed by atoms with Gasteiger partial charge in [0.2, 0.25) is 5.91 Å². The highest BCUT2D eigenvalue weighted by atomic mass is 16.3. The smallest absolute Gasteiger partial charge is 0.220 e. The number of allylic oxidation sites excluding steroid dienone is 7. The van der Waals surface area contributed by atoms with E-state index in [-0.39, 0.29) is 12.5 Å². The molecule has 0 aromatic rings. The normalized spacial score (nSPS) is 13.1. The van der Waals surface area contributed by atoms with E-state index in [0.717, 1.165) is 38.5 Å². The molecule has 388 valence electrons. The molecular formula is C62H117NO3. The zero-order valence-corrected chi connectivity index (χ0v) is 44.7. The van der Waals surface area contributed by atoms with Crippen LogP contribution in [0.2, 0.25) is 0 Å². The second kappa shape index (κ2) is 57.7. The average molecular weight is 925 g/mol. The number of carbonyl (C=O) groups is 1. The fourth-order valence-corrected chi connectivity index (χ4v) is 9.23. The summed E-state index contributed by atoms with van der Waals surface area (Å²) in [6.45, 7) is 4.32. The van der Waals surface area contributed by atoms with Crippen molar-refractivity contribution >= 4 is 5.91 Å². The van der Waals surface area contributed by atoms with Gasteiger partial charge in [-0.05, 0) is 64.2 Å². The van der Waals surface area contributed by atoms with E-state index in [1.54, 1.807) is 6.08 Å². The van der Waals surface area contributed by atoms with Crippen molar-refractivity contribution < 1.29 is 15.0 Å². The van der Waals surface area contributed by atoms with Crippen molar-refractivity contribution in [3.05, 3.63) is 48.6 Å². The first-order valence-corrected chi connectivity index (χ1v) is 29.9. The fourth-order valence-electron chi connectivity index (χ4n) is 9.23. The van der Waals surface area contributed by atoms with Gasteiger partial charge in [-0.25, -0.2) is 0 Å². The lowest BCUT2D eigenvalue weighted by Crippen LogP contribution is -2.45. The summed E-state index contributed by atoms with van der Waals surface area (Å²) in [6.07, 6.45) is 80.1. The first kappa shape index (κ1) is 64.3. The molecular weight excluding hydrogens is 807 g/mol. The predicted octanol–water partition coefficient (Wildman–Crippen LogP) is 19.8. The SMILES string of the molecule is CCCCCCC/C=C\C/C=C\CCCCCCCCCCCCCCCC(=O)NC(CO)C(O)/C=C/CC/C=C/CCCCCCCCCCCCCCCCCCCCCCCCC. The number of amides is 1. The summed E-state index contributed by atoms with van der Waals surface area (Å²) in [5.41, 5.74) is 0. The van der Waals surface area contributed by atoms with Crippen molar-refractivity contribution in [3.63, 3.8) is 0 Å². The van der Waals surface area contributed by atoms with Crippen molar-refractivity contribution in [3.8, 4) is 0 Å². The molecule has 0 saturated carbocycles. The maximum Gasteiger partial charge on any atom is 0.220 e. The Morgan fingerprint density at radius 1 is 0.364 bits per heavy atom. The summed E-state index contributed by atoms with van der Waals surface area (Å²) in [6, 6.07) is -0.641. The van der Waals surface area contributed by atoms with E-state index in [1.165, 1.54) is 263 Å². The third kappa shape index (κ3) is 53.3. The van der Waals surface area contributed by atoms with Gasteiger partial charge in [-0.2, -0.15) is 0 Å². The Morgan fingerprint density at radius 3 is 0.970 bits per heavy atom. The molecule has 0 aromatic heterocycles. The van der Waals surface area contributed by atoms with Crippen LogP contribution in [0.1, 0.15) is 322 Å². The van der Waals surface area contributed by atoms with Crippen molar-refractivity contribution in [2.45, 2.75) is 334 Å². The minimum Gasteiger partial charge on any atom is -0.394 e. The molecule has 2 unspecified atom stereocenters. The Labute approximate surface area is 414 Å². The molecule has 0 aromatic carbocycles. The van der Waals surface area contributed by atoms with Crippen LogP contribution in [0, 0.1) is 0 Å². The van der Waals surface area contributed by atoms with Crippen LogP contribution in [0.4, 0.5) is 0 Å². The molecule has 4 nitrogen and oxygen atoms in total. The van der Waals surface area contributed by atoms with Crippen molar-refractivity contribution in [1.82, 2.24) is 5.32 Å². The van der Waals surface area contributed by atoms with Gasteiger partial charge >= 0.3 is 0 Å². The van der Waals surface area contributed by atoms with Gasteiger partial charge in [0.1, 0.15) is 0 Å². The summed E-state index contributed by atoms with van der Waals surface area (Å²) >= 11 is 0. The predicted molar refractivity (Wildman–Crippen MR) is 295 cm³/mol. The number of carbonyl (C=O) groups excluding carboxylic acids is 1. The van der Waals surface area contributed by atoms with Gasteiger partial charge in [-0.1, -0.05) is 300 Å². The van der Waals surface area contributed by atoms with E-state index in [2.05, 4.69) is 55.6 Å². The quantitative estimate of drug-likeness (QED) is 0.0420. The molecule has 0 heterocycles. The molecule has 0 fully saturated rings. The zero-order valence-electron chi connectivity index (χ0n) is 44.7. The standard InChI is InChI=1S/C62H117NO3/c1-3-5-7-9-11-13-15-17-19-21-23-25-27-29-30-31-32-34-35-37-39-41-43-45-47-49-51-53-55-57-61(65)60(59-64)63-62(66)58-56-54-52-50-48-46-44-42-40-38-36-33-28-26-24-22-20-18-16-14-12-10-8-6-4-2/h16,18,22,24,47,49,55,57,60-61,64-65H,3-15,17,19-21,23,25-46,48,50-54,56,58-59H2,1-2H3,(H,63,66)/b18-16-,24-22-,49-47+,57-55+. The number of unbranched alkanes of at least 4 members (excludes halogenated alkanes) is 42. The molecule has 0 bridgehead atoms. The van der Waals surface area contributed by atoms with Gasteiger partial charge in [0.25, 0.3) is 0 Å². The molecule has 2 atom stereocenters. The van der Waals surface area contributed by atoms with Crippen LogP contribution in [-0.2, 0) is 4.79 Å². The number of rotatable bonds is 55. The monoisotopic (exact) mass is 924 g/mol. The Hall–Kier alpha value is -1.65. The van der Waals surface area contributed by atoms with E-state index >= 15 is 0 Å². The summed E-state index contributed by atoms with van der Waals surface area (Å²) in [4.78, 5) is 12.5. The Balaban J connectivity index is 3.51. The maximum absolute atomic E-state index is 12.5. The van der Waals surface area contributed by atoms with Crippen molar-refractivity contribution in [1.29, 1.82) is 0 Å². The highest BCUT2D eigenvalue weighted by Gasteiger charge is 2.18. The molecule has 0 aliphatic rings. The van der Waals surface area contributed by atoms with Crippen LogP contribution >= 0.6 is 0 Å². The minimum absolute atomic E-state index is 0.0713. The lowest BCUT2D eigenvalue weighted by atomic mass is 10.0. The fraction of sp³-hybridized carbons (Fsp3) is 0.855. The first-order chi connectivity index (χ1) is 32.7. The van der Waals surface area contributed by atoms with Crippen molar-refractivity contribution in [2.24, 2.45) is 0 Å². The summed E-state index contributed by atoms with van der Waals surface area (Å²) in [5, 5.41) is 23.2. The van der Waals surface area contributed by atoms with Crippen LogP contribution in [-0.4, -0.2) is 34.9 Å². The van der Waals surface area contributed by atoms with Crippen LogP contribution in [0.25, 0.3) is 0 Å². The van der Waals surface area contributed by atoms with Gasteiger partial charge in [0.05, 0.1) is 18.8 Å². The molecule has 1 amide bonds. The lowest BCUT2D eigenvalue weighted by molar-refractivity contribution is -0.123. The second-order valence-corrected chi connectivity index (χ2v) is 20.4. The Bertz CT molecular complexity index is 1050. The number of hydrogen-bond acceptors (Lipinski definition) is 3. The zero-order chi connectivity index (χ0) is 47.7. The first-order valence-electron chi connectivity index (χ1n) is 29.9. The largest absolute Gasteiger partial charge is 0.394 e. The van der Waals surface area contributed by atoms with E-state index in [4.69, 9.17) is 0 Å². The Morgan fingerprint density at radius 2 is 0.636 bits per heavy atom. The van der Waals surface area contributed by atoms with Crippen LogP contribution in [0.3, 0.4) is 0 Å². The van der Waals surface area contributed by atoms with Crippen LogP contribution < -0.4 is 5.32 Å². The highest BCUT2D eigenvalue weighted by Crippen LogP contribution is 2.17. The van der Waals surface area contributed by atoms with E-state index in [1.807, 2.05) is 6.08 Å². The molecule has 0 saturated heterocycles. The molecule has 0 aliphatic carbocycles. The summed E-state index contributed by atoms with van der Waals surface area (Å²) in [5.74, 6) is -0.0713. The van der Waals surface area contributed by atoms with Crippen molar-refractivity contribution in [2.75, 3.05) is 6.61 Å². The molecule has 3 N–H and O–H groups in total. The third-order valence-corrected chi connectivity index (χ3v) is 13.8. The molecule has 4 heteroatoms. The molecule has 0 rings (SSSR count). The van der Waals surface area contributed by atoms with Crippen LogP contribution in [0.5, 0.6) is 0 Å². The summed E-state index contributed by atoms with van der Waals surface area (Å²) < 4.78 is 0. The number of aliphatic hydroxyl groups is 2. The minimum atomic E-state index is -0.864. The van der Waals surface area contributed by atoms with Gasteiger partial charge < -0.3 is 15.5 Å². The van der Waals surface area contributed by atoms with Gasteiger partial charge in [-0.3, -0.25) is 4.79 Å². The topological polar surface area (TPSA) is 69.6 Å². The van der Waals surface area contributed by atoms with E-state index in [9.17, 15) is 15.0 Å². The molecule has 0 aliphatic heterocycles. The number of hydrogen-bond donors (Lipinski definition) is 3. The third-order valence-electron chi connectivity index (χ3n) is 13.8. The average Bonchev–Trinajstić information content (AvgIpc) is 3.32. The lowest BCUT2D eigenvalue weighted by Gasteiger charge is -2.19. The highest BCUT2D eigenvalue weighted by molar-refractivity contribution is 5.76. The molecule has 0 spiro atoms. The van der Waals surface area contributed by atoms with Crippen LogP contribution in [0.15, 0.2) is 48.6 Å².